The summed E-state index contributed by atoms with van der Waals surface area (Å²) >= 11 is 4.96. The molecule has 5 heteroatoms. The Morgan fingerprint density at radius 2 is 2.44 bits per heavy atom. The molecular formula is C13H16BrNO2S. The van der Waals surface area contributed by atoms with Crippen molar-refractivity contribution >= 4 is 33.6 Å². The Kier molecular flexibility index (Phi) is 4.70. The van der Waals surface area contributed by atoms with Crippen molar-refractivity contribution in [2.75, 3.05) is 19.0 Å². The van der Waals surface area contributed by atoms with Crippen molar-refractivity contribution in [2.24, 2.45) is 0 Å². The average Bonchev–Trinajstić information content (AvgIpc) is 2.73. The molecule has 1 amide bonds. The van der Waals surface area contributed by atoms with Gasteiger partial charge >= 0.3 is 0 Å². The van der Waals surface area contributed by atoms with Crippen LogP contribution < -0.4 is 5.32 Å². The van der Waals surface area contributed by atoms with E-state index in [0.29, 0.717) is 12.4 Å². The molecule has 1 saturated heterocycles. The van der Waals surface area contributed by atoms with Crippen LogP contribution in [0.4, 0.5) is 0 Å². The predicted molar refractivity (Wildman–Crippen MR) is 76.8 cm³/mol. The maximum absolute atomic E-state index is 11.9. The molecule has 0 spiro atoms. The van der Waals surface area contributed by atoms with Gasteiger partial charge in [-0.2, -0.15) is 0 Å². The second kappa shape index (κ2) is 6.08. The fourth-order valence-electron chi connectivity index (χ4n) is 1.84. The van der Waals surface area contributed by atoms with Crippen LogP contribution in [0.2, 0.25) is 0 Å². The second-order valence-corrected chi connectivity index (χ2v) is 6.62. The van der Waals surface area contributed by atoms with E-state index in [0.717, 1.165) is 22.4 Å². The smallest absolute Gasteiger partial charge is 0.230 e. The van der Waals surface area contributed by atoms with E-state index in [-0.39, 0.29) is 11.4 Å². The number of carbonyl (C=O) groups excluding carboxylic acids is 1. The van der Waals surface area contributed by atoms with Crippen molar-refractivity contribution in [1.82, 2.24) is 5.32 Å². The van der Waals surface area contributed by atoms with E-state index < -0.39 is 0 Å². The van der Waals surface area contributed by atoms with Crippen LogP contribution in [0.25, 0.3) is 0 Å². The van der Waals surface area contributed by atoms with Crippen molar-refractivity contribution in [3.63, 3.8) is 0 Å². The van der Waals surface area contributed by atoms with Gasteiger partial charge in [-0.3, -0.25) is 4.79 Å². The minimum atomic E-state index is -0.186. The van der Waals surface area contributed by atoms with Gasteiger partial charge in [-0.1, -0.05) is 22.0 Å². The molecule has 1 aromatic carbocycles. The van der Waals surface area contributed by atoms with Crippen LogP contribution in [0.1, 0.15) is 13.3 Å². The van der Waals surface area contributed by atoms with Crippen molar-refractivity contribution < 1.29 is 9.53 Å². The van der Waals surface area contributed by atoms with Crippen LogP contribution in [0, 0.1) is 0 Å². The number of nitrogens with one attached hydrogen (secondary N) is 1. The highest BCUT2D eigenvalue weighted by Crippen LogP contribution is 2.22. The zero-order valence-electron chi connectivity index (χ0n) is 10.2. The Bertz CT molecular complexity index is 433. The summed E-state index contributed by atoms with van der Waals surface area (Å²) in [4.78, 5) is 13.0. The lowest BCUT2D eigenvalue weighted by atomic mass is 10.0. The van der Waals surface area contributed by atoms with Crippen LogP contribution in [0.3, 0.4) is 0 Å². The molecule has 1 fully saturated rings. The first-order valence-electron chi connectivity index (χ1n) is 5.85. The van der Waals surface area contributed by atoms with Crippen molar-refractivity contribution in [1.29, 1.82) is 0 Å². The number of amides is 1. The molecule has 1 unspecified atom stereocenters. The number of hydrogen-bond acceptors (Lipinski definition) is 3. The molecule has 0 radical (unpaired) electrons. The highest BCUT2D eigenvalue weighted by atomic mass is 79.9. The third-order valence-corrected chi connectivity index (χ3v) is 4.31. The number of benzene rings is 1. The van der Waals surface area contributed by atoms with E-state index in [1.54, 1.807) is 11.8 Å². The third kappa shape index (κ3) is 4.00. The van der Waals surface area contributed by atoms with Gasteiger partial charge in [0.1, 0.15) is 0 Å². The molecule has 1 N–H and O–H groups in total. The van der Waals surface area contributed by atoms with Crippen LogP contribution in [-0.4, -0.2) is 30.4 Å². The van der Waals surface area contributed by atoms with E-state index in [9.17, 15) is 4.79 Å². The lowest BCUT2D eigenvalue weighted by Gasteiger charge is -2.23. The van der Waals surface area contributed by atoms with Gasteiger partial charge in [0.05, 0.1) is 17.9 Å². The third-order valence-electron chi connectivity index (χ3n) is 2.83. The summed E-state index contributed by atoms with van der Waals surface area (Å²) in [6.45, 7) is 3.37. The Morgan fingerprint density at radius 3 is 3.11 bits per heavy atom. The quantitative estimate of drug-likeness (QED) is 0.863. The van der Waals surface area contributed by atoms with E-state index >= 15 is 0 Å². The standard InChI is InChI=1S/C13H16BrNO2S/c1-13(5-6-17-9-13)15-12(16)8-18-11-4-2-3-10(14)7-11/h2-4,7H,5-6,8-9H2,1H3,(H,15,16). The topological polar surface area (TPSA) is 38.3 Å². The molecule has 0 saturated carbocycles. The van der Waals surface area contributed by atoms with Crippen LogP contribution >= 0.6 is 27.7 Å². The van der Waals surface area contributed by atoms with Gasteiger partial charge in [-0.15, -0.1) is 11.8 Å². The fourth-order valence-corrected chi connectivity index (χ4v) is 3.15. The van der Waals surface area contributed by atoms with Gasteiger partial charge in [-0.25, -0.2) is 0 Å². The highest BCUT2D eigenvalue weighted by molar-refractivity contribution is 9.10. The van der Waals surface area contributed by atoms with Gasteiger partial charge < -0.3 is 10.1 Å². The molecule has 3 nitrogen and oxygen atoms in total. The van der Waals surface area contributed by atoms with E-state index in [4.69, 9.17) is 4.74 Å². The SMILES string of the molecule is CC1(NC(=O)CSc2cccc(Br)c2)CCOC1. The van der Waals surface area contributed by atoms with E-state index in [2.05, 4.69) is 21.2 Å². The molecule has 1 heterocycles. The zero-order valence-corrected chi connectivity index (χ0v) is 12.6. The summed E-state index contributed by atoms with van der Waals surface area (Å²) < 4.78 is 6.34. The normalized spacial score (nSPS) is 23.0. The molecule has 1 aromatic rings. The van der Waals surface area contributed by atoms with E-state index in [1.807, 2.05) is 31.2 Å². The van der Waals surface area contributed by atoms with Gasteiger partial charge in [0, 0.05) is 16.0 Å². The largest absolute Gasteiger partial charge is 0.379 e. The summed E-state index contributed by atoms with van der Waals surface area (Å²) in [5.41, 5.74) is -0.186. The second-order valence-electron chi connectivity index (χ2n) is 4.66. The lowest BCUT2D eigenvalue weighted by molar-refractivity contribution is -0.120. The van der Waals surface area contributed by atoms with Crippen LogP contribution in [0.5, 0.6) is 0 Å². The number of halogens is 1. The molecule has 2 rings (SSSR count). The minimum Gasteiger partial charge on any atom is -0.379 e. The number of thioether (sulfide) groups is 1. The molecule has 1 atom stereocenters. The summed E-state index contributed by atoms with van der Waals surface area (Å²) in [5, 5.41) is 3.04. The first kappa shape index (κ1) is 13.9. The van der Waals surface area contributed by atoms with E-state index in [1.165, 1.54) is 0 Å². The van der Waals surface area contributed by atoms with Crippen LogP contribution in [0.15, 0.2) is 33.6 Å². The molecule has 0 aliphatic carbocycles. The number of ether oxygens (including phenoxy) is 1. The molecule has 0 aromatic heterocycles. The molecule has 1 aliphatic rings. The lowest BCUT2D eigenvalue weighted by Crippen LogP contribution is -2.47. The summed E-state index contributed by atoms with van der Waals surface area (Å²) in [6.07, 6.45) is 0.889. The summed E-state index contributed by atoms with van der Waals surface area (Å²) in [5.74, 6) is 0.499. The van der Waals surface area contributed by atoms with Crippen molar-refractivity contribution in [2.45, 2.75) is 23.8 Å². The Balaban J connectivity index is 1.81. The van der Waals surface area contributed by atoms with Gasteiger partial charge in [0.15, 0.2) is 0 Å². The van der Waals surface area contributed by atoms with Crippen molar-refractivity contribution in [3.8, 4) is 0 Å². The Hall–Kier alpha value is -0.520. The minimum absolute atomic E-state index is 0.0629. The fraction of sp³-hybridized carbons (Fsp3) is 0.462. The average molecular weight is 330 g/mol. The number of rotatable bonds is 4. The van der Waals surface area contributed by atoms with Crippen LogP contribution in [-0.2, 0) is 9.53 Å². The Labute approximate surface area is 120 Å². The molecule has 18 heavy (non-hydrogen) atoms. The monoisotopic (exact) mass is 329 g/mol. The Morgan fingerprint density at radius 1 is 1.61 bits per heavy atom. The molecular weight excluding hydrogens is 314 g/mol. The maximum atomic E-state index is 11.9. The summed E-state index contributed by atoms with van der Waals surface area (Å²) in [7, 11) is 0. The van der Waals surface area contributed by atoms with Gasteiger partial charge in [0.25, 0.3) is 0 Å². The first-order valence-corrected chi connectivity index (χ1v) is 7.62. The molecule has 98 valence electrons. The first-order chi connectivity index (χ1) is 8.57. The van der Waals surface area contributed by atoms with Gasteiger partial charge in [-0.05, 0) is 31.5 Å². The summed E-state index contributed by atoms with van der Waals surface area (Å²) in [6, 6.07) is 7.96. The number of hydrogen-bond donors (Lipinski definition) is 1. The zero-order chi connectivity index (χ0) is 13.0. The van der Waals surface area contributed by atoms with Gasteiger partial charge in [0.2, 0.25) is 5.91 Å². The maximum Gasteiger partial charge on any atom is 0.230 e. The highest BCUT2D eigenvalue weighted by Gasteiger charge is 2.30. The number of carbonyl (C=O) groups is 1. The molecule has 0 bridgehead atoms. The predicted octanol–water partition coefficient (Wildman–Crippen LogP) is 2.84. The molecule has 1 aliphatic heterocycles. The van der Waals surface area contributed by atoms with Crippen molar-refractivity contribution in [3.05, 3.63) is 28.7 Å².